The van der Waals surface area contributed by atoms with Crippen LogP contribution in [0.1, 0.15) is 29.6 Å². The zero-order valence-corrected chi connectivity index (χ0v) is 17.0. The van der Waals surface area contributed by atoms with Gasteiger partial charge in [-0.25, -0.2) is 18.7 Å². The first kappa shape index (κ1) is 21.2. The van der Waals surface area contributed by atoms with E-state index in [1.165, 1.54) is 12.3 Å². The fraction of sp³-hybridized carbons (Fsp3) is 0.500. The molecule has 2 amide bonds. The fourth-order valence-electron chi connectivity index (χ4n) is 4.00. The number of carbonyl (C=O) groups is 2. The van der Waals surface area contributed by atoms with Gasteiger partial charge in [-0.05, 0) is 12.5 Å². The fourth-order valence-corrected chi connectivity index (χ4v) is 4.00. The molecule has 1 aliphatic heterocycles. The summed E-state index contributed by atoms with van der Waals surface area (Å²) < 4.78 is 31.6. The Kier molecular flexibility index (Phi) is 5.61. The Morgan fingerprint density at radius 1 is 1.42 bits per heavy atom. The summed E-state index contributed by atoms with van der Waals surface area (Å²) in [7, 11) is 1.58. The van der Waals surface area contributed by atoms with Gasteiger partial charge in [-0.15, -0.1) is 0 Å². The number of hydrogen-bond acceptors (Lipinski definition) is 6. The third-order valence-corrected chi connectivity index (χ3v) is 5.73. The van der Waals surface area contributed by atoms with Gasteiger partial charge in [0.15, 0.2) is 5.65 Å². The number of halogens is 2. The number of carbonyl (C=O) groups excluding carboxylic acids is 2. The monoisotopic (exact) mass is 434 g/mol. The van der Waals surface area contributed by atoms with Gasteiger partial charge in [0.25, 0.3) is 11.8 Å². The van der Waals surface area contributed by atoms with E-state index < -0.39 is 17.9 Å². The average Bonchev–Trinajstić information content (AvgIpc) is 3.15. The number of aromatic nitrogens is 3. The maximum absolute atomic E-state index is 13.0. The first-order valence-corrected chi connectivity index (χ1v) is 10.0. The van der Waals surface area contributed by atoms with Crippen LogP contribution in [0.5, 0.6) is 0 Å². The summed E-state index contributed by atoms with van der Waals surface area (Å²) in [6.45, 7) is 4.47. The zero-order valence-electron chi connectivity index (χ0n) is 17.0. The smallest absolute Gasteiger partial charge is 0.255 e. The first-order chi connectivity index (χ1) is 14.8. The predicted octanol–water partition coefficient (Wildman–Crippen LogP) is 1.70. The second-order valence-electron chi connectivity index (χ2n) is 7.89. The lowest BCUT2D eigenvalue weighted by Crippen LogP contribution is -2.52. The van der Waals surface area contributed by atoms with Crippen molar-refractivity contribution in [2.24, 2.45) is 0 Å². The van der Waals surface area contributed by atoms with E-state index in [4.69, 9.17) is 4.74 Å². The number of fused-ring (bicyclic) bond motifs is 1. The molecule has 0 aromatic carbocycles. The molecule has 0 bridgehead atoms. The number of hydrogen-bond donors (Lipinski definition) is 3. The van der Waals surface area contributed by atoms with E-state index in [0.717, 1.165) is 0 Å². The molecule has 0 radical (unpaired) electrons. The Labute approximate surface area is 177 Å². The number of anilines is 1. The van der Waals surface area contributed by atoms with Crippen molar-refractivity contribution in [3.63, 3.8) is 0 Å². The molecule has 11 heteroatoms. The van der Waals surface area contributed by atoms with E-state index in [9.17, 15) is 18.4 Å². The highest BCUT2D eigenvalue weighted by molar-refractivity contribution is 6.04. The standard InChI is InChI=1S/C20H24F2N6O3/c1-3-16(29)28-5-4-13(14(10-28)31-2)26-15-9-24-18-17(27-15)12(8-23-18)19(30)25-11-6-20(21,22)7-11/h3,8-9,11,13-14H,1,4-7,10H2,2H3,(H,23,24)(H,25,30)(H,26,27)/t13?,14-/m1/s1. The van der Waals surface area contributed by atoms with Crippen LogP contribution in [0.15, 0.2) is 25.0 Å². The Balaban J connectivity index is 1.46. The number of likely N-dealkylation sites (tertiary alicyclic amines) is 1. The Morgan fingerprint density at radius 3 is 2.87 bits per heavy atom. The van der Waals surface area contributed by atoms with Crippen molar-refractivity contribution in [3.8, 4) is 0 Å². The summed E-state index contributed by atoms with van der Waals surface area (Å²) in [5, 5.41) is 5.89. The lowest BCUT2D eigenvalue weighted by atomic mass is 9.88. The van der Waals surface area contributed by atoms with E-state index in [1.807, 2.05) is 0 Å². The normalized spacial score (nSPS) is 23.3. The second kappa shape index (κ2) is 8.22. The van der Waals surface area contributed by atoms with Crippen molar-refractivity contribution in [2.45, 2.75) is 43.4 Å². The molecule has 2 aromatic rings. The largest absolute Gasteiger partial charge is 0.377 e. The molecule has 0 spiro atoms. The van der Waals surface area contributed by atoms with Crippen LogP contribution in [0.2, 0.25) is 0 Å². The van der Waals surface area contributed by atoms with Crippen LogP contribution >= 0.6 is 0 Å². The molecule has 2 aromatic heterocycles. The topological polar surface area (TPSA) is 112 Å². The summed E-state index contributed by atoms with van der Waals surface area (Å²) >= 11 is 0. The summed E-state index contributed by atoms with van der Waals surface area (Å²) in [5.41, 5.74) is 1.02. The van der Waals surface area contributed by atoms with Gasteiger partial charge >= 0.3 is 0 Å². The van der Waals surface area contributed by atoms with E-state index in [-0.39, 0.29) is 36.5 Å². The Morgan fingerprint density at radius 2 is 2.19 bits per heavy atom. The third kappa shape index (κ3) is 4.36. The SMILES string of the molecule is C=CC(=O)N1CCC(Nc2cnc3[nH]cc(C(=O)NC4CC(F)(F)C4)c3n2)[C@H](OC)C1. The number of ether oxygens (including phenoxy) is 1. The minimum absolute atomic E-state index is 0.112. The van der Waals surface area contributed by atoms with Crippen LogP contribution in [-0.2, 0) is 9.53 Å². The number of nitrogens with one attached hydrogen (secondary N) is 3. The highest BCUT2D eigenvalue weighted by atomic mass is 19.3. The van der Waals surface area contributed by atoms with E-state index in [1.54, 1.807) is 18.2 Å². The number of rotatable bonds is 6. The molecule has 1 unspecified atom stereocenters. The molecule has 3 N–H and O–H groups in total. The average molecular weight is 434 g/mol. The Bertz CT molecular complexity index is 1000. The van der Waals surface area contributed by atoms with Crippen molar-refractivity contribution in [3.05, 3.63) is 30.6 Å². The molecule has 9 nitrogen and oxygen atoms in total. The van der Waals surface area contributed by atoms with E-state index in [0.29, 0.717) is 36.5 Å². The molecule has 166 valence electrons. The molecule has 1 aliphatic carbocycles. The van der Waals surface area contributed by atoms with Crippen molar-refractivity contribution in [1.82, 2.24) is 25.2 Å². The zero-order chi connectivity index (χ0) is 22.2. The van der Waals surface area contributed by atoms with Crippen LogP contribution in [0, 0.1) is 0 Å². The van der Waals surface area contributed by atoms with Crippen molar-refractivity contribution in [1.29, 1.82) is 0 Å². The van der Waals surface area contributed by atoms with Gasteiger partial charge in [0.1, 0.15) is 11.3 Å². The maximum atomic E-state index is 13.0. The molecule has 2 aliphatic rings. The summed E-state index contributed by atoms with van der Waals surface area (Å²) in [6, 6.07) is -0.660. The number of aromatic amines is 1. The van der Waals surface area contributed by atoms with Gasteiger partial charge in [0.05, 0.1) is 23.9 Å². The van der Waals surface area contributed by atoms with Crippen LogP contribution in [0.4, 0.5) is 14.6 Å². The number of amides is 2. The first-order valence-electron chi connectivity index (χ1n) is 10.0. The van der Waals surface area contributed by atoms with Gasteiger partial charge in [-0.2, -0.15) is 0 Å². The molecular weight excluding hydrogens is 410 g/mol. The number of nitrogens with zero attached hydrogens (tertiary/aromatic N) is 3. The van der Waals surface area contributed by atoms with Crippen LogP contribution in [-0.4, -0.2) is 76.0 Å². The van der Waals surface area contributed by atoms with Crippen LogP contribution in [0.3, 0.4) is 0 Å². The number of alkyl halides is 2. The lowest BCUT2D eigenvalue weighted by molar-refractivity contribution is -0.129. The van der Waals surface area contributed by atoms with Gasteiger partial charge in [0, 0.05) is 45.3 Å². The van der Waals surface area contributed by atoms with Gasteiger partial charge < -0.3 is 25.3 Å². The van der Waals surface area contributed by atoms with Crippen molar-refractivity contribution < 1.29 is 23.1 Å². The number of piperidine rings is 1. The summed E-state index contributed by atoms with van der Waals surface area (Å²) in [5.74, 6) is -2.87. The lowest BCUT2D eigenvalue weighted by Gasteiger charge is -2.37. The minimum atomic E-state index is -2.71. The highest BCUT2D eigenvalue weighted by Crippen LogP contribution is 2.37. The minimum Gasteiger partial charge on any atom is -0.377 e. The molecule has 1 saturated carbocycles. The molecule has 4 rings (SSSR count). The quantitative estimate of drug-likeness (QED) is 0.597. The Hall–Kier alpha value is -3.08. The maximum Gasteiger partial charge on any atom is 0.255 e. The van der Waals surface area contributed by atoms with E-state index in [2.05, 4.69) is 32.2 Å². The van der Waals surface area contributed by atoms with Crippen LogP contribution < -0.4 is 10.6 Å². The summed E-state index contributed by atoms with van der Waals surface area (Å²) in [6.07, 6.45) is 3.95. The predicted molar refractivity (Wildman–Crippen MR) is 109 cm³/mol. The highest BCUT2D eigenvalue weighted by Gasteiger charge is 2.46. The van der Waals surface area contributed by atoms with Crippen molar-refractivity contribution in [2.75, 3.05) is 25.5 Å². The molecular formula is C20H24F2N6O3. The number of methoxy groups -OCH3 is 1. The molecule has 3 heterocycles. The van der Waals surface area contributed by atoms with Crippen molar-refractivity contribution >= 4 is 28.8 Å². The van der Waals surface area contributed by atoms with Crippen LogP contribution in [0.25, 0.3) is 11.2 Å². The van der Waals surface area contributed by atoms with Gasteiger partial charge in [-0.3, -0.25) is 9.59 Å². The third-order valence-electron chi connectivity index (χ3n) is 5.73. The van der Waals surface area contributed by atoms with Gasteiger partial charge in [-0.1, -0.05) is 6.58 Å². The molecule has 2 atom stereocenters. The molecule has 1 saturated heterocycles. The molecule has 31 heavy (non-hydrogen) atoms. The summed E-state index contributed by atoms with van der Waals surface area (Å²) in [4.78, 5) is 37.8. The van der Waals surface area contributed by atoms with E-state index >= 15 is 0 Å². The number of H-pyrrole nitrogens is 1. The van der Waals surface area contributed by atoms with Gasteiger partial charge in [0.2, 0.25) is 5.91 Å². The molecule has 2 fully saturated rings. The second-order valence-corrected chi connectivity index (χ2v) is 7.89.